The van der Waals surface area contributed by atoms with E-state index in [0.717, 1.165) is 18.5 Å². The molecule has 0 bridgehead atoms. The third kappa shape index (κ3) is 3.75. The number of morpholine rings is 1. The first-order valence-electron chi connectivity index (χ1n) is 8.29. The third-order valence-corrected chi connectivity index (χ3v) is 6.35. The summed E-state index contributed by atoms with van der Waals surface area (Å²) < 4.78 is 34.3. The number of hydrogen-bond donors (Lipinski definition) is 0. The van der Waals surface area contributed by atoms with E-state index in [1.807, 2.05) is 25.1 Å². The highest BCUT2D eigenvalue weighted by molar-refractivity contribution is 7.86. The molecule has 0 N–H and O–H groups in total. The van der Waals surface area contributed by atoms with E-state index >= 15 is 0 Å². The summed E-state index contributed by atoms with van der Waals surface area (Å²) >= 11 is 0. The predicted octanol–water partition coefficient (Wildman–Crippen LogP) is 0.252. The smallest absolute Gasteiger partial charge is 0.282 e. The van der Waals surface area contributed by atoms with Gasteiger partial charge in [0.15, 0.2) is 0 Å². The van der Waals surface area contributed by atoms with E-state index in [0.29, 0.717) is 45.2 Å². The van der Waals surface area contributed by atoms with Crippen molar-refractivity contribution in [1.82, 2.24) is 23.5 Å². The van der Waals surface area contributed by atoms with Gasteiger partial charge in [0.1, 0.15) is 5.82 Å². The molecule has 134 valence electrons. The van der Waals surface area contributed by atoms with Gasteiger partial charge >= 0.3 is 0 Å². The van der Waals surface area contributed by atoms with Crippen LogP contribution in [0.1, 0.15) is 30.4 Å². The molecule has 9 heteroatoms. The molecule has 24 heavy (non-hydrogen) atoms. The number of nitrogens with zero attached hydrogens (tertiary/aromatic N) is 5. The summed E-state index contributed by atoms with van der Waals surface area (Å²) in [6.07, 6.45) is 3.31. The number of rotatable bonds is 5. The standard InChI is InChI=1S/C15H25N5O3S/c1-18(2)12-13-5-6-16-15(17-13)14-4-3-7-20(14)24(21,22)19-8-10-23-11-9-19/h5-6,14H,3-4,7-12H2,1-2H3/t14-/m1/s1. The molecule has 3 heterocycles. The molecular weight excluding hydrogens is 330 g/mol. The van der Waals surface area contributed by atoms with E-state index in [1.165, 1.54) is 4.31 Å². The Bertz CT molecular complexity index is 661. The second-order valence-corrected chi connectivity index (χ2v) is 8.31. The van der Waals surface area contributed by atoms with Crippen LogP contribution < -0.4 is 0 Å². The van der Waals surface area contributed by atoms with Crippen molar-refractivity contribution >= 4 is 10.2 Å². The lowest BCUT2D eigenvalue weighted by molar-refractivity contribution is 0.0698. The van der Waals surface area contributed by atoms with E-state index in [-0.39, 0.29) is 6.04 Å². The lowest BCUT2D eigenvalue weighted by atomic mass is 10.2. The van der Waals surface area contributed by atoms with Gasteiger partial charge in [-0.3, -0.25) is 0 Å². The van der Waals surface area contributed by atoms with Crippen molar-refractivity contribution in [3.8, 4) is 0 Å². The maximum Gasteiger partial charge on any atom is 0.282 e. The summed E-state index contributed by atoms with van der Waals surface area (Å²) in [4.78, 5) is 11.0. The van der Waals surface area contributed by atoms with Crippen molar-refractivity contribution in [1.29, 1.82) is 0 Å². The van der Waals surface area contributed by atoms with Crippen molar-refractivity contribution in [2.24, 2.45) is 0 Å². The monoisotopic (exact) mass is 355 g/mol. The summed E-state index contributed by atoms with van der Waals surface area (Å²) in [5.41, 5.74) is 0.903. The Balaban J connectivity index is 1.82. The summed E-state index contributed by atoms with van der Waals surface area (Å²) in [5, 5.41) is 0. The fourth-order valence-corrected chi connectivity index (χ4v) is 4.97. The van der Waals surface area contributed by atoms with Gasteiger partial charge in [0.05, 0.1) is 24.9 Å². The average molecular weight is 355 g/mol. The fourth-order valence-electron chi connectivity index (χ4n) is 3.19. The van der Waals surface area contributed by atoms with Crippen LogP contribution in [0.4, 0.5) is 0 Å². The molecule has 0 amide bonds. The number of aromatic nitrogens is 2. The zero-order valence-corrected chi connectivity index (χ0v) is 15.1. The van der Waals surface area contributed by atoms with Crippen molar-refractivity contribution in [2.75, 3.05) is 46.9 Å². The molecule has 0 unspecified atom stereocenters. The van der Waals surface area contributed by atoms with Gasteiger partial charge in [-0.2, -0.15) is 17.0 Å². The molecule has 1 aromatic heterocycles. The van der Waals surface area contributed by atoms with Crippen LogP contribution in [0.5, 0.6) is 0 Å². The van der Waals surface area contributed by atoms with E-state index < -0.39 is 10.2 Å². The first-order chi connectivity index (χ1) is 11.5. The molecular formula is C15H25N5O3S. The van der Waals surface area contributed by atoms with Crippen LogP contribution in [-0.4, -0.2) is 78.8 Å². The summed E-state index contributed by atoms with van der Waals surface area (Å²) in [7, 11) is 0.459. The molecule has 8 nitrogen and oxygen atoms in total. The summed E-state index contributed by atoms with van der Waals surface area (Å²) in [5.74, 6) is 0.601. The van der Waals surface area contributed by atoms with Gasteiger partial charge in [0.2, 0.25) is 0 Å². The lowest BCUT2D eigenvalue weighted by Crippen LogP contribution is -2.48. The Morgan fingerprint density at radius 2 is 2.04 bits per heavy atom. The predicted molar refractivity (Wildman–Crippen MR) is 89.4 cm³/mol. The molecule has 0 aromatic carbocycles. The van der Waals surface area contributed by atoms with Gasteiger partial charge in [-0.05, 0) is 33.0 Å². The normalized spacial score (nSPS) is 23.9. The Kier molecular flexibility index (Phi) is 5.46. The second kappa shape index (κ2) is 7.40. The minimum absolute atomic E-state index is 0.278. The fraction of sp³-hybridized carbons (Fsp3) is 0.733. The highest BCUT2D eigenvalue weighted by Gasteiger charge is 2.40. The lowest BCUT2D eigenvalue weighted by Gasteiger charge is -2.32. The number of ether oxygens (including phenoxy) is 1. The van der Waals surface area contributed by atoms with Gasteiger partial charge < -0.3 is 9.64 Å². The first-order valence-corrected chi connectivity index (χ1v) is 9.69. The largest absolute Gasteiger partial charge is 0.379 e. The van der Waals surface area contributed by atoms with Gasteiger partial charge in [-0.15, -0.1) is 0 Å². The highest BCUT2D eigenvalue weighted by atomic mass is 32.2. The Labute approximate surface area is 143 Å². The number of hydrogen-bond acceptors (Lipinski definition) is 6. The second-order valence-electron chi connectivity index (χ2n) is 6.43. The Hall–Kier alpha value is -1.13. The van der Waals surface area contributed by atoms with Crippen LogP contribution >= 0.6 is 0 Å². The molecule has 0 aliphatic carbocycles. The van der Waals surface area contributed by atoms with Crippen LogP contribution in [0.15, 0.2) is 12.3 Å². The summed E-state index contributed by atoms with van der Waals surface area (Å²) in [6.45, 7) is 2.95. The molecule has 3 rings (SSSR count). The average Bonchev–Trinajstić information content (AvgIpc) is 3.06. The van der Waals surface area contributed by atoms with Crippen LogP contribution in [-0.2, 0) is 21.5 Å². The topological polar surface area (TPSA) is 78.9 Å². The van der Waals surface area contributed by atoms with Crippen LogP contribution in [0.3, 0.4) is 0 Å². The van der Waals surface area contributed by atoms with E-state index in [1.54, 1.807) is 10.5 Å². The maximum absolute atomic E-state index is 13.0. The van der Waals surface area contributed by atoms with Crippen molar-refractivity contribution in [2.45, 2.75) is 25.4 Å². The highest BCUT2D eigenvalue weighted by Crippen LogP contribution is 2.33. The quantitative estimate of drug-likeness (QED) is 0.753. The van der Waals surface area contributed by atoms with Gasteiger partial charge in [0.25, 0.3) is 10.2 Å². The van der Waals surface area contributed by atoms with Crippen molar-refractivity contribution in [3.63, 3.8) is 0 Å². The summed E-state index contributed by atoms with van der Waals surface area (Å²) in [6, 6.07) is 1.60. The molecule has 0 radical (unpaired) electrons. The van der Waals surface area contributed by atoms with Gasteiger partial charge in [-0.1, -0.05) is 0 Å². The van der Waals surface area contributed by atoms with Crippen LogP contribution in [0.25, 0.3) is 0 Å². The maximum atomic E-state index is 13.0. The zero-order valence-electron chi connectivity index (χ0n) is 14.3. The Morgan fingerprint density at radius 1 is 1.29 bits per heavy atom. The molecule has 1 atom stereocenters. The third-order valence-electron chi connectivity index (χ3n) is 4.30. The van der Waals surface area contributed by atoms with Gasteiger partial charge in [0, 0.05) is 32.4 Å². The molecule has 0 saturated carbocycles. The van der Waals surface area contributed by atoms with E-state index in [4.69, 9.17) is 4.74 Å². The molecule has 2 saturated heterocycles. The molecule has 1 aromatic rings. The zero-order chi connectivity index (χ0) is 17.2. The first kappa shape index (κ1) is 17.7. The van der Waals surface area contributed by atoms with Gasteiger partial charge in [-0.25, -0.2) is 9.97 Å². The molecule has 0 spiro atoms. The minimum Gasteiger partial charge on any atom is -0.379 e. The van der Waals surface area contributed by atoms with Crippen molar-refractivity contribution in [3.05, 3.63) is 23.8 Å². The SMILES string of the molecule is CN(C)Cc1ccnc([C@H]2CCCN2S(=O)(=O)N2CCOCC2)n1. The minimum atomic E-state index is -3.50. The van der Waals surface area contributed by atoms with Crippen molar-refractivity contribution < 1.29 is 13.2 Å². The Morgan fingerprint density at radius 3 is 2.75 bits per heavy atom. The van der Waals surface area contributed by atoms with E-state index in [9.17, 15) is 8.42 Å². The molecule has 2 aliphatic rings. The molecule has 2 aliphatic heterocycles. The van der Waals surface area contributed by atoms with E-state index in [2.05, 4.69) is 9.97 Å². The van der Waals surface area contributed by atoms with Crippen LogP contribution in [0.2, 0.25) is 0 Å². The molecule has 2 fully saturated rings. The van der Waals surface area contributed by atoms with Crippen LogP contribution in [0, 0.1) is 0 Å².